The van der Waals surface area contributed by atoms with Crippen molar-refractivity contribution in [2.75, 3.05) is 5.75 Å². The summed E-state index contributed by atoms with van der Waals surface area (Å²) in [5.41, 5.74) is 5.78. The molecule has 1 fully saturated rings. The quantitative estimate of drug-likeness (QED) is 0.495. The molecule has 1 aromatic carbocycles. The molecule has 0 unspecified atom stereocenters. The van der Waals surface area contributed by atoms with Crippen molar-refractivity contribution in [1.82, 2.24) is 14.5 Å². The monoisotopic (exact) mass is 351 g/mol. The summed E-state index contributed by atoms with van der Waals surface area (Å²) in [6.45, 7) is 6.10. The van der Waals surface area contributed by atoms with Crippen LogP contribution in [0.4, 0.5) is 0 Å². The van der Waals surface area contributed by atoms with E-state index in [1.807, 2.05) is 37.3 Å². The highest BCUT2D eigenvalue weighted by atomic mass is 32.2. The summed E-state index contributed by atoms with van der Waals surface area (Å²) in [6, 6.07) is 10.5. The van der Waals surface area contributed by atoms with Crippen LogP contribution in [-0.2, 0) is 0 Å². The zero-order valence-electron chi connectivity index (χ0n) is 14.7. The topological polar surface area (TPSA) is 47.8 Å². The van der Waals surface area contributed by atoms with E-state index in [0.717, 1.165) is 33.0 Å². The van der Waals surface area contributed by atoms with Gasteiger partial charge in [-0.2, -0.15) is 0 Å². The molecule has 0 N–H and O–H groups in total. The molecular weight excluding hydrogens is 330 g/mol. The van der Waals surface area contributed by atoms with Gasteiger partial charge in [-0.25, -0.2) is 9.97 Å². The van der Waals surface area contributed by atoms with Crippen LogP contribution in [0, 0.1) is 20.8 Å². The fraction of sp³-hybridized carbons (Fsp3) is 0.350. The lowest BCUT2D eigenvalue weighted by Crippen LogP contribution is -2.06. The van der Waals surface area contributed by atoms with Crippen LogP contribution in [-0.4, -0.2) is 26.1 Å². The molecule has 4 nitrogen and oxygen atoms in total. The summed E-state index contributed by atoms with van der Waals surface area (Å²) in [4.78, 5) is 22.0. The number of hydrogen-bond donors (Lipinski definition) is 0. The lowest BCUT2D eigenvalue weighted by molar-refractivity contribution is 0.102. The van der Waals surface area contributed by atoms with Crippen molar-refractivity contribution in [3.63, 3.8) is 0 Å². The predicted molar refractivity (Wildman–Crippen MR) is 102 cm³/mol. The van der Waals surface area contributed by atoms with Gasteiger partial charge >= 0.3 is 0 Å². The summed E-state index contributed by atoms with van der Waals surface area (Å²) < 4.78 is 2.32. The van der Waals surface area contributed by atoms with Crippen molar-refractivity contribution in [2.45, 2.75) is 44.7 Å². The highest BCUT2D eigenvalue weighted by molar-refractivity contribution is 8.00. The van der Waals surface area contributed by atoms with Crippen molar-refractivity contribution in [1.29, 1.82) is 0 Å². The molecule has 3 aromatic rings. The van der Waals surface area contributed by atoms with Gasteiger partial charge in [0.05, 0.1) is 22.5 Å². The number of rotatable bonds is 5. The molecule has 1 aliphatic carbocycles. The van der Waals surface area contributed by atoms with Crippen molar-refractivity contribution in [3.05, 3.63) is 53.0 Å². The molecule has 2 heterocycles. The second-order valence-electron chi connectivity index (χ2n) is 6.70. The first-order valence-electron chi connectivity index (χ1n) is 8.62. The van der Waals surface area contributed by atoms with Crippen molar-refractivity contribution >= 4 is 28.6 Å². The molecule has 2 aromatic heterocycles. The molecule has 0 spiro atoms. The van der Waals surface area contributed by atoms with Crippen LogP contribution in [0.15, 0.2) is 35.4 Å². The summed E-state index contributed by atoms with van der Waals surface area (Å²) in [5.74, 6) is 0.558. The lowest BCUT2D eigenvalue weighted by Gasteiger charge is -2.08. The highest BCUT2D eigenvalue weighted by Gasteiger charge is 2.28. The van der Waals surface area contributed by atoms with Crippen LogP contribution < -0.4 is 0 Å². The summed E-state index contributed by atoms with van der Waals surface area (Å²) >= 11 is 1.48. The number of Topliss-reactive ketones (excluding diaryl/α,β-unsaturated/α-hetero) is 1. The normalized spacial score (nSPS) is 14.2. The van der Waals surface area contributed by atoms with Crippen molar-refractivity contribution < 1.29 is 4.79 Å². The van der Waals surface area contributed by atoms with Gasteiger partial charge in [0.25, 0.3) is 0 Å². The molecular formula is C20H21N3OS. The lowest BCUT2D eigenvalue weighted by atomic mass is 10.2. The Morgan fingerprint density at radius 1 is 1.16 bits per heavy atom. The Kier molecular flexibility index (Phi) is 4.12. The molecule has 1 aliphatic rings. The molecule has 1 saturated carbocycles. The third-order valence-corrected chi connectivity index (χ3v) is 5.80. The predicted octanol–water partition coefficient (Wildman–Crippen LogP) is 4.67. The molecule has 0 radical (unpaired) electrons. The van der Waals surface area contributed by atoms with Gasteiger partial charge in [0.15, 0.2) is 5.78 Å². The zero-order chi connectivity index (χ0) is 17.6. The Morgan fingerprint density at radius 2 is 1.84 bits per heavy atom. The van der Waals surface area contributed by atoms with Crippen LogP contribution >= 0.6 is 11.8 Å². The number of nitrogens with zero attached hydrogens (tertiary/aromatic N) is 3. The van der Waals surface area contributed by atoms with E-state index in [1.165, 1.54) is 30.3 Å². The maximum Gasteiger partial charge on any atom is 0.174 e. The van der Waals surface area contributed by atoms with E-state index in [9.17, 15) is 4.79 Å². The minimum absolute atomic E-state index is 0.166. The van der Waals surface area contributed by atoms with Crippen molar-refractivity contribution in [2.24, 2.45) is 0 Å². The van der Waals surface area contributed by atoms with E-state index in [-0.39, 0.29) is 5.78 Å². The summed E-state index contributed by atoms with van der Waals surface area (Å²) in [7, 11) is 0. The van der Waals surface area contributed by atoms with Gasteiger partial charge in [0, 0.05) is 23.0 Å². The van der Waals surface area contributed by atoms with E-state index in [0.29, 0.717) is 11.8 Å². The molecule has 0 atom stereocenters. The van der Waals surface area contributed by atoms with Gasteiger partial charge in [0.1, 0.15) is 5.03 Å². The number of aryl methyl sites for hydroxylation is 2. The number of para-hydroxylation sites is 2. The highest BCUT2D eigenvalue weighted by Crippen LogP contribution is 2.38. The first kappa shape index (κ1) is 16.3. The molecule has 25 heavy (non-hydrogen) atoms. The molecule has 0 amide bonds. The summed E-state index contributed by atoms with van der Waals surface area (Å²) in [5, 5.41) is 0.836. The maximum absolute atomic E-state index is 12.7. The van der Waals surface area contributed by atoms with Gasteiger partial charge in [-0.15, -0.1) is 0 Å². The number of carbonyl (C=O) groups is 1. The van der Waals surface area contributed by atoms with E-state index < -0.39 is 0 Å². The fourth-order valence-corrected chi connectivity index (χ4v) is 4.22. The Morgan fingerprint density at radius 3 is 2.52 bits per heavy atom. The Hall–Kier alpha value is -2.14. The average Bonchev–Trinajstić information content (AvgIpc) is 3.38. The Bertz CT molecular complexity index is 972. The first-order valence-corrected chi connectivity index (χ1v) is 9.61. The molecule has 0 saturated heterocycles. The summed E-state index contributed by atoms with van der Waals surface area (Å²) in [6.07, 6.45) is 2.45. The van der Waals surface area contributed by atoms with E-state index in [1.54, 1.807) is 0 Å². The number of benzene rings is 1. The van der Waals surface area contributed by atoms with Crippen LogP contribution in [0.25, 0.3) is 11.0 Å². The largest absolute Gasteiger partial charge is 0.345 e. The average molecular weight is 351 g/mol. The zero-order valence-corrected chi connectivity index (χ0v) is 15.6. The minimum Gasteiger partial charge on any atom is -0.345 e. The smallest absolute Gasteiger partial charge is 0.174 e. The number of carbonyl (C=O) groups excluding carboxylic acids is 1. The third-order valence-electron chi connectivity index (χ3n) is 4.74. The molecule has 0 bridgehead atoms. The van der Waals surface area contributed by atoms with Gasteiger partial charge in [-0.05, 0) is 51.8 Å². The van der Waals surface area contributed by atoms with E-state index in [4.69, 9.17) is 0 Å². The van der Waals surface area contributed by atoms with E-state index >= 15 is 0 Å². The van der Waals surface area contributed by atoms with Crippen LogP contribution in [0.3, 0.4) is 0 Å². The molecule has 4 rings (SSSR count). The standard InChI is InChI=1S/C20H21N3OS/c1-12-10-16(14(3)23(12)15-8-9-15)19(24)11-25-20-13(2)21-17-6-4-5-7-18(17)22-20/h4-7,10,15H,8-9,11H2,1-3H3. The van der Waals surface area contributed by atoms with Crippen LogP contribution in [0.5, 0.6) is 0 Å². The molecule has 5 heteroatoms. The van der Waals surface area contributed by atoms with Gasteiger partial charge in [-0.1, -0.05) is 23.9 Å². The van der Waals surface area contributed by atoms with Gasteiger partial charge in [0.2, 0.25) is 0 Å². The van der Waals surface area contributed by atoms with Crippen molar-refractivity contribution in [3.8, 4) is 0 Å². The number of ketones is 1. The number of hydrogen-bond acceptors (Lipinski definition) is 4. The third kappa shape index (κ3) is 3.09. The minimum atomic E-state index is 0.166. The Balaban J connectivity index is 1.54. The first-order chi connectivity index (χ1) is 12.0. The Labute approximate surface area is 151 Å². The number of aromatic nitrogens is 3. The van der Waals surface area contributed by atoms with Gasteiger partial charge < -0.3 is 4.57 Å². The SMILES string of the molecule is Cc1nc2ccccc2nc1SCC(=O)c1cc(C)n(C2CC2)c1C. The van der Waals surface area contributed by atoms with E-state index in [2.05, 4.69) is 28.4 Å². The fourth-order valence-electron chi connectivity index (χ4n) is 3.37. The maximum atomic E-state index is 12.7. The van der Waals surface area contributed by atoms with Crippen LogP contribution in [0.1, 0.15) is 46.3 Å². The van der Waals surface area contributed by atoms with Gasteiger partial charge in [-0.3, -0.25) is 4.79 Å². The second kappa shape index (κ2) is 6.30. The number of thioether (sulfide) groups is 1. The molecule has 0 aliphatic heterocycles. The molecule has 128 valence electrons. The van der Waals surface area contributed by atoms with Crippen LogP contribution in [0.2, 0.25) is 0 Å². The second-order valence-corrected chi connectivity index (χ2v) is 7.66. The number of fused-ring (bicyclic) bond motifs is 1.